The molecule has 3 heteroatoms. The lowest BCUT2D eigenvalue weighted by atomic mass is 9.83. The number of benzene rings is 1. The SMILES string of the molecule is CCN1CC=C(c2cc(-c3ccc(F)cc3)c3c(n2)C(C)CCC3)CC1. The molecule has 0 spiro atoms. The van der Waals surface area contributed by atoms with Gasteiger partial charge in [0, 0.05) is 18.8 Å². The van der Waals surface area contributed by atoms with E-state index in [9.17, 15) is 4.39 Å². The molecule has 26 heavy (non-hydrogen) atoms. The van der Waals surface area contributed by atoms with E-state index in [-0.39, 0.29) is 5.82 Å². The van der Waals surface area contributed by atoms with E-state index in [1.165, 1.54) is 35.2 Å². The van der Waals surface area contributed by atoms with Crippen LogP contribution in [0.5, 0.6) is 0 Å². The summed E-state index contributed by atoms with van der Waals surface area (Å²) in [5, 5.41) is 0. The summed E-state index contributed by atoms with van der Waals surface area (Å²) in [4.78, 5) is 7.56. The fourth-order valence-electron chi connectivity index (χ4n) is 4.27. The molecule has 0 saturated carbocycles. The van der Waals surface area contributed by atoms with Crippen LogP contribution in [0.4, 0.5) is 4.39 Å². The van der Waals surface area contributed by atoms with E-state index >= 15 is 0 Å². The highest BCUT2D eigenvalue weighted by Crippen LogP contribution is 2.38. The number of rotatable bonds is 3. The molecule has 1 aliphatic carbocycles. The Morgan fingerprint density at radius 2 is 2.00 bits per heavy atom. The van der Waals surface area contributed by atoms with Gasteiger partial charge in [-0.3, -0.25) is 9.88 Å². The van der Waals surface area contributed by atoms with Gasteiger partial charge in [-0.1, -0.05) is 32.1 Å². The molecule has 1 aliphatic heterocycles. The van der Waals surface area contributed by atoms with Crippen molar-refractivity contribution in [1.29, 1.82) is 0 Å². The molecular weight excluding hydrogens is 323 g/mol. The first-order valence-electron chi connectivity index (χ1n) is 9.87. The van der Waals surface area contributed by atoms with E-state index in [0.717, 1.165) is 43.7 Å². The smallest absolute Gasteiger partial charge is 0.123 e. The first kappa shape index (κ1) is 17.4. The minimum atomic E-state index is -0.181. The third kappa shape index (κ3) is 3.33. The maximum Gasteiger partial charge on any atom is 0.123 e. The molecule has 1 unspecified atom stereocenters. The standard InChI is InChI=1S/C23H27FN2/c1-3-26-13-11-18(12-14-26)22-15-21(17-7-9-19(24)10-8-17)20-6-4-5-16(2)23(20)25-22/h7-11,15-16H,3-6,12-14H2,1-2H3. The summed E-state index contributed by atoms with van der Waals surface area (Å²) >= 11 is 0. The molecule has 0 saturated heterocycles. The zero-order valence-electron chi connectivity index (χ0n) is 15.8. The van der Waals surface area contributed by atoms with Crippen LogP contribution in [0, 0.1) is 5.82 Å². The Labute approximate surface area is 155 Å². The number of nitrogens with zero attached hydrogens (tertiary/aromatic N) is 2. The zero-order valence-corrected chi connectivity index (χ0v) is 15.8. The predicted octanol–water partition coefficient (Wildman–Crippen LogP) is 5.44. The number of likely N-dealkylation sites (N-methyl/N-ethyl adjacent to an activating group) is 1. The Bertz CT molecular complexity index is 823. The van der Waals surface area contributed by atoms with E-state index in [2.05, 4.69) is 30.9 Å². The summed E-state index contributed by atoms with van der Waals surface area (Å²) < 4.78 is 13.4. The lowest BCUT2D eigenvalue weighted by molar-refractivity contribution is 0.318. The van der Waals surface area contributed by atoms with Crippen molar-refractivity contribution in [2.75, 3.05) is 19.6 Å². The second kappa shape index (κ2) is 7.32. The molecule has 1 aromatic heterocycles. The van der Waals surface area contributed by atoms with E-state index in [0.29, 0.717) is 5.92 Å². The molecule has 0 N–H and O–H groups in total. The summed E-state index contributed by atoms with van der Waals surface area (Å²) in [5.74, 6) is 0.314. The van der Waals surface area contributed by atoms with Gasteiger partial charge in [0.1, 0.15) is 5.82 Å². The highest BCUT2D eigenvalue weighted by molar-refractivity contribution is 5.74. The number of aromatic nitrogens is 1. The molecule has 1 aromatic carbocycles. The number of hydrogen-bond donors (Lipinski definition) is 0. The van der Waals surface area contributed by atoms with Crippen molar-refractivity contribution in [3.05, 3.63) is 59.2 Å². The maximum absolute atomic E-state index is 13.4. The van der Waals surface area contributed by atoms with Crippen LogP contribution < -0.4 is 0 Å². The predicted molar refractivity (Wildman–Crippen MR) is 106 cm³/mol. The molecule has 0 fully saturated rings. The minimum Gasteiger partial charge on any atom is -0.300 e. The van der Waals surface area contributed by atoms with Gasteiger partial charge in [0.15, 0.2) is 0 Å². The second-order valence-corrected chi connectivity index (χ2v) is 7.59. The third-order valence-corrected chi connectivity index (χ3v) is 5.91. The van der Waals surface area contributed by atoms with Gasteiger partial charge in [0.2, 0.25) is 0 Å². The molecule has 136 valence electrons. The van der Waals surface area contributed by atoms with Crippen molar-refractivity contribution >= 4 is 5.57 Å². The Balaban J connectivity index is 1.81. The summed E-state index contributed by atoms with van der Waals surface area (Å²) in [5.41, 5.74) is 7.45. The van der Waals surface area contributed by atoms with Crippen molar-refractivity contribution in [3.63, 3.8) is 0 Å². The summed E-state index contributed by atoms with van der Waals surface area (Å²) in [6.45, 7) is 7.70. The van der Waals surface area contributed by atoms with Gasteiger partial charge in [-0.2, -0.15) is 0 Å². The third-order valence-electron chi connectivity index (χ3n) is 5.91. The Morgan fingerprint density at radius 3 is 2.69 bits per heavy atom. The fourth-order valence-corrected chi connectivity index (χ4v) is 4.27. The average molecular weight is 350 g/mol. The lowest BCUT2D eigenvalue weighted by Crippen LogP contribution is -2.28. The van der Waals surface area contributed by atoms with Crippen molar-refractivity contribution in [1.82, 2.24) is 9.88 Å². The van der Waals surface area contributed by atoms with Crippen LogP contribution in [-0.2, 0) is 6.42 Å². The number of fused-ring (bicyclic) bond motifs is 1. The van der Waals surface area contributed by atoms with Crippen LogP contribution in [0.1, 0.15) is 56.0 Å². The molecule has 0 bridgehead atoms. The van der Waals surface area contributed by atoms with Crippen molar-refractivity contribution in [2.24, 2.45) is 0 Å². The summed E-state index contributed by atoms with van der Waals surface area (Å²) in [6, 6.07) is 9.18. The maximum atomic E-state index is 13.4. The van der Waals surface area contributed by atoms with Crippen LogP contribution in [0.3, 0.4) is 0 Å². The van der Waals surface area contributed by atoms with E-state index < -0.39 is 0 Å². The minimum absolute atomic E-state index is 0.181. The molecule has 0 amide bonds. The van der Waals surface area contributed by atoms with Crippen molar-refractivity contribution < 1.29 is 4.39 Å². The van der Waals surface area contributed by atoms with E-state index in [4.69, 9.17) is 4.98 Å². The van der Waals surface area contributed by atoms with Crippen LogP contribution in [-0.4, -0.2) is 29.5 Å². The molecule has 0 radical (unpaired) electrons. The van der Waals surface area contributed by atoms with Gasteiger partial charge in [0.05, 0.1) is 5.69 Å². The topological polar surface area (TPSA) is 16.1 Å². The molecule has 2 heterocycles. The largest absolute Gasteiger partial charge is 0.300 e. The Hall–Kier alpha value is -2.00. The van der Waals surface area contributed by atoms with Crippen molar-refractivity contribution in [3.8, 4) is 11.1 Å². The average Bonchev–Trinajstić information content (AvgIpc) is 2.68. The molecule has 4 rings (SSSR count). The molecule has 2 nitrogen and oxygen atoms in total. The highest BCUT2D eigenvalue weighted by atomic mass is 19.1. The van der Waals surface area contributed by atoms with E-state index in [1.807, 2.05) is 12.1 Å². The van der Waals surface area contributed by atoms with Crippen LogP contribution in [0.15, 0.2) is 36.4 Å². The van der Waals surface area contributed by atoms with E-state index in [1.54, 1.807) is 12.1 Å². The first-order valence-corrected chi connectivity index (χ1v) is 9.87. The molecular formula is C23H27FN2. The zero-order chi connectivity index (χ0) is 18.1. The summed E-state index contributed by atoms with van der Waals surface area (Å²) in [6.07, 6.45) is 6.87. The summed E-state index contributed by atoms with van der Waals surface area (Å²) in [7, 11) is 0. The van der Waals surface area contributed by atoms with Crippen LogP contribution in [0.2, 0.25) is 0 Å². The highest BCUT2D eigenvalue weighted by Gasteiger charge is 2.24. The van der Waals surface area contributed by atoms with Gasteiger partial charge < -0.3 is 0 Å². The Morgan fingerprint density at radius 1 is 1.19 bits per heavy atom. The number of halogens is 1. The van der Waals surface area contributed by atoms with Gasteiger partial charge >= 0.3 is 0 Å². The first-order chi connectivity index (χ1) is 12.7. The van der Waals surface area contributed by atoms with Crippen molar-refractivity contribution in [2.45, 2.75) is 45.4 Å². The fraction of sp³-hybridized carbons (Fsp3) is 0.435. The van der Waals surface area contributed by atoms with Crippen LogP contribution >= 0.6 is 0 Å². The Kier molecular flexibility index (Phi) is 4.90. The van der Waals surface area contributed by atoms with Gasteiger partial charge in [-0.15, -0.1) is 0 Å². The van der Waals surface area contributed by atoms with Crippen LogP contribution in [0.25, 0.3) is 16.7 Å². The lowest BCUT2D eigenvalue weighted by Gasteiger charge is -2.28. The van der Waals surface area contributed by atoms with Gasteiger partial charge in [0.25, 0.3) is 0 Å². The molecule has 2 aliphatic rings. The van der Waals surface area contributed by atoms with Gasteiger partial charge in [-0.25, -0.2) is 4.39 Å². The van der Waals surface area contributed by atoms with Gasteiger partial charge in [-0.05, 0) is 78.6 Å². The monoisotopic (exact) mass is 350 g/mol. The quantitative estimate of drug-likeness (QED) is 0.733. The molecule has 2 aromatic rings. The number of pyridine rings is 1. The molecule has 1 atom stereocenters. The number of hydrogen-bond acceptors (Lipinski definition) is 2. The second-order valence-electron chi connectivity index (χ2n) is 7.59. The normalized spacial score (nSPS) is 20.6.